The van der Waals surface area contributed by atoms with Crippen LogP contribution in [-0.4, -0.2) is 120 Å². The third kappa shape index (κ3) is 8.95. The van der Waals surface area contributed by atoms with Crippen LogP contribution in [0.2, 0.25) is 0 Å². The molecule has 5 amide bonds. The van der Waals surface area contributed by atoms with Crippen LogP contribution in [0.15, 0.2) is 60.8 Å². The van der Waals surface area contributed by atoms with Crippen molar-refractivity contribution in [1.82, 2.24) is 45.7 Å². The summed E-state index contributed by atoms with van der Waals surface area (Å²) < 4.78 is 21.0. The third-order valence-electron chi connectivity index (χ3n) is 10.8. The van der Waals surface area contributed by atoms with Crippen LogP contribution >= 0.6 is 0 Å². The number of hydrogen-bond acceptors (Lipinski definition) is 10. The van der Waals surface area contributed by atoms with Crippen LogP contribution in [0.5, 0.6) is 0 Å². The van der Waals surface area contributed by atoms with Gasteiger partial charge < -0.3 is 54.7 Å². The summed E-state index contributed by atoms with van der Waals surface area (Å²) in [7, 11) is 2.55. The highest BCUT2D eigenvalue weighted by molar-refractivity contribution is 5.92. The lowest BCUT2D eigenvalue weighted by atomic mass is 9.99. The first-order chi connectivity index (χ1) is 28.4. The van der Waals surface area contributed by atoms with Crippen molar-refractivity contribution in [3.8, 4) is 22.4 Å². The standard InChI is InChI=1S/C42H51N9O8/c1-23(2)35(47-41(54)56-5)39(52)50-13-15-58-21-33(50)37-43-20-32(46-37)29-10-9-25-17-26(7-8-27(25)18-29)28-11-12-30-31(19-28)45-38(44-30)34-22-59-16-14-51(34)40(53)48-36(24(3)4)49-42(55)57-6/h7-12,17-20,23-24,33-36H,13-16,21-22H2,1-6H3,(H,43,46)(H,44,45)(H,47,54)(H,48,53)(H,49,55)/t33-,34-,35-,36-/m0/s1. The largest absolute Gasteiger partial charge is 0.453 e. The predicted octanol–water partition coefficient (Wildman–Crippen LogP) is 5.47. The SMILES string of the molecule is COC(=O)N[C@H](NC(=O)N1CCOC[C@H]1c1nc2ccc(-c3ccc4cc(-c5cnc([C@@H]6COCCN6C(=O)[C@@H](NC(=O)OC)C(C)C)[nH]5)ccc4c3)cc2[nH]1)C(C)C. The quantitative estimate of drug-likeness (QED) is 0.113. The van der Waals surface area contributed by atoms with Crippen LogP contribution in [0.3, 0.4) is 0 Å². The van der Waals surface area contributed by atoms with Crippen molar-refractivity contribution in [2.45, 2.75) is 52.0 Å². The third-order valence-corrected chi connectivity index (χ3v) is 10.8. The van der Waals surface area contributed by atoms with E-state index in [0.717, 1.165) is 44.2 Å². The number of benzene rings is 3. The topological polar surface area (TPSA) is 205 Å². The van der Waals surface area contributed by atoms with Crippen molar-refractivity contribution < 1.29 is 38.1 Å². The van der Waals surface area contributed by atoms with Gasteiger partial charge in [-0.1, -0.05) is 58.0 Å². The maximum Gasteiger partial charge on any atom is 0.408 e. The summed E-state index contributed by atoms with van der Waals surface area (Å²) in [5.74, 6) is 0.744. The normalized spacial score (nSPS) is 18.2. The van der Waals surface area contributed by atoms with Gasteiger partial charge in [0.05, 0.1) is 63.6 Å². The summed E-state index contributed by atoms with van der Waals surface area (Å²) in [5.41, 5.74) is 5.34. The molecule has 17 heteroatoms. The monoisotopic (exact) mass is 809 g/mol. The highest BCUT2D eigenvalue weighted by Gasteiger charge is 2.37. The van der Waals surface area contributed by atoms with Crippen molar-refractivity contribution >= 4 is 45.9 Å². The molecule has 0 saturated carbocycles. The maximum absolute atomic E-state index is 13.7. The molecular weight excluding hydrogens is 759 g/mol. The number of H-pyrrole nitrogens is 2. The molecule has 5 N–H and O–H groups in total. The van der Waals surface area contributed by atoms with Crippen molar-refractivity contribution in [1.29, 1.82) is 0 Å². The zero-order valence-corrected chi connectivity index (χ0v) is 34.0. The van der Waals surface area contributed by atoms with E-state index >= 15 is 0 Å². The Hall–Kier alpha value is -6.20. The van der Waals surface area contributed by atoms with Gasteiger partial charge in [0.15, 0.2) is 0 Å². The molecule has 2 fully saturated rings. The van der Waals surface area contributed by atoms with E-state index in [1.165, 1.54) is 14.2 Å². The lowest BCUT2D eigenvalue weighted by Gasteiger charge is -2.37. The second kappa shape index (κ2) is 17.7. The lowest BCUT2D eigenvalue weighted by Crippen LogP contribution is -2.57. The number of nitrogens with one attached hydrogen (secondary N) is 5. The summed E-state index contributed by atoms with van der Waals surface area (Å²) in [6.45, 7) is 9.56. The molecule has 4 heterocycles. The summed E-state index contributed by atoms with van der Waals surface area (Å²) >= 11 is 0. The Kier molecular flexibility index (Phi) is 12.3. The zero-order chi connectivity index (χ0) is 41.8. The van der Waals surface area contributed by atoms with Gasteiger partial charge in [-0.15, -0.1) is 0 Å². The molecule has 0 aliphatic carbocycles. The molecule has 0 unspecified atom stereocenters. The van der Waals surface area contributed by atoms with E-state index in [2.05, 4.69) is 67.3 Å². The van der Waals surface area contributed by atoms with Gasteiger partial charge >= 0.3 is 18.2 Å². The zero-order valence-electron chi connectivity index (χ0n) is 34.0. The second-order valence-electron chi connectivity index (χ2n) is 15.4. The molecule has 3 aromatic carbocycles. The molecule has 7 rings (SSSR count). The minimum atomic E-state index is -0.757. The summed E-state index contributed by atoms with van der Waals surface area (Å²) in [6.07, 6.45) is -0.148. The summed E-state index contributed by atoms with van der Waals surface area (Å²) in [5, 5.41) is 10.4. The maximum atomic E-state index is 13.7. The van der Waals surface area contributed by atoms with Crippen molar-refractivity contribution in [3.63, 3.8) is 0 Å². The van der Waals surface area contributed by atoms with E-state index in [9.17, 15) is 19.2 Å². The number of aromatic amines is 2. The fraction of sp³-hybridized carbons (Fsp3) is 0.429. The molecule has 2 saturated heterocycles. The number of carbonyl (C=O) groups is 4. The Balaban J connectivity index is 1.07. The second-order valence-corrected chi connectivity index (χ2v) is 15.4. The minimum Gasteiger partial charge on any atom is -0.453 e. The van der Waals surface area contributed by atoms with Crippen LogP contribution in [0.1, 0.15) is 51.4 Å². The number of fused-ring (bicyclic) bond motifs is 2. The number of methoxy groups -OCH3 is 2. The Morgan fingerprint density at radius 3 is 2.02 bits per heavy atom. The first-order valence-corrected chi connectivity index (χ1v) is 19.7. The van der Waals surface area contributed by atoms with E-state index < -0.39 is 36.5 Å². The van der Waals surface area contributed by atoms with E-state index in [1.54, 1.807) is 16.0 Å². The van der Waals surface area contributed by atoms with Gasteiger partial charge in [0.2, 0.25) is 5.91 Å². The fourth-order valence-electron chi connectivity index (χ4n) is 7.43. The van der Waals surface area contributed by atoms with Crippen LogP contribution in [0.25, 0.3) is 44.2 Å². The Morgan fingerprint density at radius 1 is 0.729 bits per heavy atom. The number of hydrogen-bond donors (Lipinski definition) is 5. The van der Waals surface area contributed by atoms with Crippen molar-refractivity contribution in [2.75, 3.05) is 53.7 Å². The number of alkyl carbamates (subject to hydrolysis) is 2. The molecule has 17 nitrogen and oxygen atoms in total. The molecule has 0 radical (unpaired) electrons. The summed E-state index contributed by atoms with van der Waals surface area (Å²) in [4.78, 5) is 70.8. The highest BCUT2D eigenvalue weighted by Crippen LogP contribution is 2.32. The Labute approximate surface area is 341 Å². The smallest absolute Gasteiger partial charge is 0.408 e. The number of imidazole rings is 2. The van der Waals surface area contributed by atoms with Gasteiger partial charge in [-0.05, 0) is 58.0 Å². The molecule has 0 bridgehead atoms. The first kappa shape index (κ1) is 41.0. The van der Waals surface area contributed by atoms with E-state index in [-0.39, 0.29) is 37.0 Å². The van der Waals surface area contributed by atoms with Gasteiger partial charge in [-0.25, -0.2) is 24.4 Å². The van der Waals surface area contributed by atoms with E-state index in [0.29, 0.717) is 38.0 Å². The molecular formula is C42H51N9O8. The van der Waals surface area contributed by atoms with Gasteiger partial charge in [0, 0.05) is 18.7 Å². The predicted molar refractivity (Wildman–Crippen MR) is 219 cm³/mol. The fourth-order valence-corrected chi connectivity index (χ4v) is 7.43. The molecule has 312 valence electrons. The number of nitrogens with zero attached hydrogens (tertiary/aromatic N) is 4. The number of aromatic nitrogens is 4. The van der Waals surface area contributed by atoms with Crippen LogP contribution in [0, 0.1) is 11.8 Å². The van der Waals surface area contributed by atoms with Crippen LogP contribution < -0.4 is 16.0 Å². The molecule has 0 spiro atoms. The lowest BCUT2D eigenvalue weighted by molar-refractivity contribution is -0.143. The number of urea groups is 1. The molecule has 4 atom stereocenters. The average Bonchev–Trinajstić information content (AvgIpc) is 3.92. The van der Waals surface area contributed by atoms with Gasteiger partial charge in [0.25, 0.3) is 0 Å². The van der Waals surface area contributed by atoms with E-state index in [1.807, 2.05) is 45.9 Å². The highest BCUT2D eigenvalue weighted by atomic mass is 16.5. The van der Waals surface area contributed by atoms with Gasteiger partial charge in [-0.2, -0.15) is 0 Å². The van der Waals surface area contributed by atoms with E-state index in [4.69, 9.17) is 23.9 Å². The van der Waals surface area contributed by atoms with Crippen molar-refractivity contribution in [2.24, 2.45) is 11.8 Å². The van der Waals surface area contributed by atoms with Gasteiger partial charge in [0.1, 0.15) is 35.9 Å². The number of carbonyl (C=O) groups excluding carboxylic acids is 4. The van der Waals surface area contributed by atoms with Gasteiger partial charge in [-0.3, -0.25) is 4.79 Å². The summed E-state index contributed by atoms with van der Waals surface area (Å²) in [6, 6.07) is 16.5. The first-order valence-electron chi connectivity index (χ1n) is 19.7. The van der Waals surface area contributed by atoms with Crippen LogP contribution in [-0.2, 0) is 23.7 Å². The average molecular weight is 810 g/mol. The molecule has 2 aromatic heterocycles. The minimum absolute atomic E-state index is 0.0823. The molecule has 5 aromatic rings. The number of amides is 5. The Bertz CT molecular complexity index is 2320. The Morgan fingerprint density at radius 2 is 1.34 bits per heavy atom. The number of ether oxygens (including phenoxy) is 4. The molecule has 2 aliphatic rings. The molecule has 59 heavy (non-hydrogen) atoms. The number of rotatable bonds is 10. The van der Waals surface area contributed by atoms with Crippen molar-refractivity contribution in [3.05, 3.63) is 72.4 Å². The number of morpholine rings is 2. The molecule has 2 aliphatic heterocycles. The van der Waals surface area contributed by atoms with Crippen LogP contribution in [0.4, 0.5) is 14.4 Å².